The molecule has 2 amide bonds. The van der Waals surface area contributed by atoms with E-state index in [0.717, 1.165) is 36.4 Å². The second kappa shape index (κ2) is 10.2. The van der Waals surface area contributed by atoms with Gasteiger partial charge in [0, 0.05) is 11.3 Å². The summed E-state index contributed by atoms with van der Waals surface area (Å²) in [5, 5.41) is 4.46. The fourth-order valence-corrected chi connectivity index (χ4v) is 2.34. The van der Waals surface area contributed by atoms with E-state index in [-0.39, 0.29) is 11.3 Å². The summed E-state index contributed by atoms with van der Waals surface area (Å²) in [6, 6.07) is 7.50. The standard InChI is InChI=1S/C20H16F6N2O5/c1-11(17(30)28-14-6-8-15(9-7-14)33-20(24,25)26)32-16(29)10-27-18(31)12-2-4-13(5-3-12)19(21,22)23/h2-9,11H,10H2,1H3,(H,27,31)(H,28,30). The molecular weight excluding hydrogens is 462 g/mol. The number of nitrogens with one attached hydrogen (secondary N) is 2. The molecule has 1 unspecified atom stereocenters. The molecule has 0 bridgehead atoms. The van der Waals surface area contributed by atoms with E-state index in [2.05, 4.69) is 15.4 Å². The van der Waals surface area contributed by atoms with Crippen LogP contribution in [0.1, 0.15) is 22.8 Å². The number of halogens is 6. The van der Waals surface area contributed by atoms with Gasteiger partial charge in [-0.15, -0.1) is 13.2 Å². The molecule has 0 aliphatic heterocycles. The van der Waals surface area contributed by atoms with Gasteiger partial charge in [-0.05, 0) is 55.5 Å². The summed E-state index contributed by atoms with van der Waals surface area (Å²) in [6.45, 7) is 0.549. The van der Waals surface area contributed by atoms with Crippen molar-refractivity contribution in [3.63, 3.8) is 0 Å². The predicted octanol–water partition coefficient (Wildman–Crippen LogP) is 3.90. The van der Waals surface area contributed by atoms with Crippen molar-refractivity contribution in [2.24, 2.45) is 0 Å². The first-order chi connectivity index (χ1) is 15.2. The van der Waals surface area contributed by atoms with Crippen LogP contribution < -0.4 is 15.4 Å². The molecule has 33 heavy (non-hydrogen) atoms. The third kappa shape index (κ3) is 8.35. The number of esters is 1. The van der Waals surface area contributed by atoms with Crippen molar-refractivity contribution in [1.29, 1.82) is 0 Å². The van der Waals surface area contributed by atoms with Crippen LogP contribution in [0.15, 0.2) is 48.5 Å². The topological polar surface area (TPSA) is 93.7 Å². The number of amides is 2. The van der Waals surface area contributed by atoms with Crippen LogP contribution in [0.3, 0.4) is 0 Å². The Hall–Kier alpha value is -3.77. The Bertz CT molecular complexity index is 988. The van der Waals surface area contributed by atoms with Crippen molar-refractivity contribution in [1.82, 2.24) is 5.32 Å². The number of ether oxygens (including phenoxy) is 2. The van der Waals surface area contributed by atoms with Crippen molar-refractivity contribution in [3.8, 4) is 5.75 Å². The molecule has 13 heteroatoms. The Balaban J connectivity index is 1.81. The minimum Gasteiger partial charge on any atom is -0.451 e. The highest BCUT2D eigenvalue weighted by Crippen LogP contribution is 2.29. The zero-order valence-electron chi connectivity index (χ0n) is 16.7. The van der Waals surface area contributed by atoms with Crippen LogP contribution in [0.25, 0.3) is 0 Å². The smallest absolute Gasteiger partial charge is 0.451 e. The van der Waals surface area contributed by atoms with Crippen LogP contribution in [0, 0.1) is 0 Å². The minimum atomic E-state index is -4.87. The second-order valence-corrected chi connectivity index (χ2v) is 6.45. The molecular formula is C20H16F6N2O5. The number of hydrogen-bond acceptors (Lipinski definition) is 5. The molecule has 178 valence electrons. The molecule has 0 radical (unpaired) electrons. The van der Waals surface area contributed by atoms with Gasteiger partial charge in [0.15, 0.2) is 6.10 Å². The lowest BCUT2D eigenvalue weighted by Crippen LogP contribution is -2.35. The molecule has 1 atom stereocenters. The predicted molar refractivity (Wildman–Crippen MR) is 101 cm³/mol. The SMILES string of the molecule is CC(OC(=O)CNC(=O)c1ccc(C(F)(F)F)cc1)C(=O)Nc1ccc(OC(F)(F)F)cc1. The number of anilines is 1. The number of benzene rings is 2. The average molecular weight is 478 g/mol. The van der Waals surface area contributed by atoms with Gasteiger partial charge in [-0.2, -0.15) is 13.2 Å². The summed E-state index contributed by atoms with van der Waals surface area (Å²) < 4.78 is 82.6. The molecule has 0 aliphatic rings. The molecule has 0 aromatic heterocycles. The first-order valence-electron chi connectivity index (χ1n) is 9.06. The van der Waals surface area contributed by atoms with E-state index in [0.29, 0.717) is 12.1 Å². The minimum absolute atomic E-state index is 0.105. The molecule has 7 nitrogen and oxygen atoms in total. The van der Waals surface area contributed by atoms with Gasteiger partial charge >= 0.3 is 18.5 Å². The van der Waals surface area contributed by atoms with Gasteiger partial charge in [0.2, 0.25) is 0 Å². The fourth-order valence-electron chi connectivity index (χ4n) is 2.34. The van der Waals surface area contributed by atoms with Crippen molar-refractivity contribution in [3.05, 3.63) is 59.7 Å². The van der Waals surface area contributed by atoms with Crippen LogP contribution in [0.4, 0.5) is 32.0 Å². The third-order valence-corrected chi connectivity index (χ3v) is 3.90. The molecule has 0 saturated heterocycles. The normalized spacial score (nSPS) is 12.5. The maximum atomic E-state index is 12.5. The number of carbonyl (C=O) groups is 3. The molecule has 0 fully saturated rings. The van der Waals surface area contributed by atoms with E-state index in [1.165, 1.54) is 6.92 Å². The average Bonchev–Trinajstić information content (AvgIpc) is 2.71. The fraction of sp³-hybridized carbons (Fsp3) is 0.250. The van der Waals surface area contributed by atoms with Gasteiger partial charge in [0.1, 0.15) is 12.3 Å². The second-order valence-electron chi connectivity index (χ2n) is 6.45. The van der Waals surface area contributed by atoms with Crippen LogP contribution in [0.2, 0.25) is 0 Å². The van der Waals surface area contributed by atoms with Crippen LogP contribution in [0.5, 0.6) is 5.75 Å². The molecule has 2 rings (SSSR count). The lowest BCUT2D eigenvalue weighted by atomic mass is 10.1. The van der Waals surface area contributed by atoms with E-state index in [4.69, 9.17) is 4.74 Å². The molecule has 0 spiro atoms. The summed E-state index contributed by atoms with van der Waals surface area (Å²) in [7, 11) is 0. The van der Waals surface area contributed by atoms with Crippen LogP contribution in [-0.4, -0.2) is 36.8 Å². The summed E-state index contributed by atoms with van der Waals surface area (Å²) >= 11 is 0. The maximum absolute atomic E-state index is 12.5. The summed E-state index contributed by atoms with van der Waals surface area (Å²) in [5.74, 6) is -3.14. The molecule has 2 aromatic rings. The molecule has 0 heterocycles. The van der Waals surface area contributed by atoms with Crippen molar-refractivity contribution >= 4 is 23.5 Å². The highest BCUT2D eigenvalue weighted by molar-refractivity contribution is 5.97. The van der Waals surface area contributed by atoms with Crippen LogP contribution >= 0.6 is 0 Å². The van der Waals surface area contributed by atoms with Gasteiger partial charge in [0.25, 0.3) is 11.8 Å². The first kappa shape index (κ1) is 25.5. The summed E-state index contributed by atoms with van der Waals surface area (Å²) in [6.07, 6.45) is -10.8. The summed E-state index contributed by atoms with van der Waals surface area (Å²) in [4.78, 5) is 35.8. The Morgan fingerprint density at radius 1 is 0.909 bits per heavy atom. The van der Waals surface area contributed by atoms with Gasteiger partial charge in [0.05, 0.1) is 5.56 Å². The van der Waals surface area contributed by atoms with Crippen molar-refractivity contribution in [2.75, 3.05) is 11.9 Å². The zero-order valence-corrected chi connectivity index (χ0v) is 16.7. The van der Waals surface area contributed by atoms with E-state index in [1.807, 2.05) is 0 Å². The van der Waals surface area contributed by atoms with Gasteiger partial charge in [-0.25, -0.2) is 0 Å². The van der Waals surface area contributed by atoms with Crippen molar-refractivity contribution < 1.29 is 50.2 Å². The Morgan fingerprint density at radius 2 is 1.48 bits per heavy atom. The quantitative estimate of drug-likeness (QED) is 0.465. The van der Waals surface area contributed by atoms with Crippen molar-refractivity contribution in [2.45, 2.75) is 25.6 Å². The number of rotatable bonds is 7. The van der Waals surface area contributed by atoms with Gasteiger partial charge in [-0.3, -0.25) is 14.4 Å². The highest BCUT2D eigenvalue weighted by Gasteiger charge is 2.31. The molecule has 0 aliphatic carbocycles. The maximum Gasteiger partial charge on any atom is 0.573 e. The van der Waals surface area contributed by atoms with E-state index >= 15 is 0 Å². The van der Waals surface area contributed by atoms with Gasteiger partial charge < -0.3 is 20.1 Å². The van der Waals surface area contributed by atoms with E-state index < -0.39 is 54.3 Å². The number of carbonyl (C=O) groups excluding carboxylic acids is 3. The van der Waals surface area contributed by atoms with E-state index in [9.17, 15) is 40.7 Å². The summed E-state index contributed by atoms with van der Waals surface area (Å²) in [5.41, 5.74) is -0.964. The molecule has 0 saturated carbocycles. The van der Waals surface area contributed by atoms with Crippen LogP contribution in [-0.2, 0) is 20.5 Å². The monoisotopic (exact) mass is 478 g/mol. The number of alkyl halides is 6. The molecule has 2 aromatic carbocycles. The highest BCUT2D eigenvalue weighted by atomic mass is 19.4. The Kier molecular flexibility index (Phi) is 7.90. The van der Waals surface area contributed by atoms with Gasteiger partial charge in [-0.1, -0.05) is 0 Å². The first-order valence-corrected chi connectivity index (χ1v) is 9.06. The third-order valence-electron chi connectivity index (χ3n) is 3.90. The lowest BCUT2D eigenvalue weighted by molar-refractivity contribution is -0.274. The largest absolute Gasteiger partial charge is 0.573 e. The molecule has 2 N–H and O–H groups in total. The number of hydrogen-bond donors (Lipinski definition) is 2. The Labute approximate surface area is 182 Å². The zero-order chi connectivity index (χ0) is 24.8. The Morgan fingerprint density at radius 3 is 2.00 bits per heavy atom. The lowest BCUT2D eigenvalue weighted by Gasteiger charge is -2.14. The van der Waals surface area contributed by atoms with E-state index in [1.54, 1.807) is 0 Å².